The molecule has 0 saturated carbocycles. The minimum absolute atomic E-state index is 0.0962. The summed E-state index contributed by atoms with van der Waals surface area (Å²) in [5, 5.41) is 7.17. The van der Waals surface area contributed by atoms with Crippen molar-refractivity contribution in [2.45, 2.75) is 5.75 Å². The van der Waals surface area contributed by atoms with E-state index in [4.69, 9.17) is 5.41 Å². The summed E-state index contributed by atoms with van der Waals surface area (Å²) >= 11 is 1.24. The lowest BCUT2D eigenvalue weighted by Gasteiger charge is -1.98. The Kier molecular flexibility index (Phi) is 3.80. The van der Waals surface area contributed by atoms with Crippen LogP contribution >= 0.6 is 11.8 Å². The van der Waals surface area contributed by atoms with E-state index in [2.05, 4.69) is 0 Å². The third kappa shape index (κ3) is 3.05. The second kappa shape index (κ2) is 4.93. The van der Waals surface area contributed by atoms with E-state index in [1.165, 1.54) is 11.8 Å². The quantitative estimate of drug-likeness (QED) is 0.565. The summed E-state index contributed by atoms with van der Waals surface area (Å²) in [5.41, 5.74) is 1.13. The molecule has 0 saturated heterocycles. The molecule has 0 aliphatic heterocycles. The molecule has 1 N–H and O–H groups in total. The van der Waals surface area contributed by atoms with E-state index in [0.29, 0.717) is 5.75 Å². The minimum Gasteiger partial charge on any atom is -0.296 e. The van der Waals surface area contributed by atoms with Gasteiger partial charge in [0.1, 0.15) is 6.67 Å². The fourth-order valence-corrected chi connectivity index (χ4v) is 1.39. The molecule has 0 spiro atoms. The van der Waals surface area contributed by atoms with Crippen molar-refractivity contribution < 1.29 is 4.39 Å². The number of thioether (sulfide) groups is 1. The number of hydrogen-bond donors (Lipinski definition) is 1. The number of hydrogen-bond acceptors (Lipinski definition) is 2. The third-order valence-corrected chi connectivity index (χ3v) is 2.31. The second-order valence-electron chi connectivity index (χ2n) is 2.33. The van der Waals surface area contributed by atoms with Crippen molar-refractivity contribution in [3.8, 4) is 0 Å². The van der Waals surface area contributed by atoms with Gasteiger partial charge in [0.25, 0.3) is 0 Å². The molecule has 0 bridgehead atoms. The van der Waals surface area contributed by atoms with Gasteiger partial charge in [0.2, 0.25) is 0 Å². The van der Waals surface area contributed by atoms with Crippen molar-refractivity contribution in [1.82, 2.24) is 0 Å². The molecule has 0 heterocycles. The van der Waals surface area contributed by atoms with Crippen LogP contribution in [0.3, 0.4) is 0 Å². The van der Waals surface area contributed by atoms with Gasteiger partial charge in [-0.2, -0.15) is 0 Å². The van der Waals surface area contributed by atoms with Crippen LogP contribution in [0.25, 0.3) is 0 Å². The van der Waals surface area contributed by atoms with Crippen LogP contribution < -0.4 is 0 Å². The predicted octanol–water partition coefficient (Wildman–Crippen LogP) is 2.87. The van der Waals surface area contributed by atoms with Gasteiger partial charge in [-0.15, -0.1) is 11.8 Å². The molecule has 1 aromatic rings. The summed E-state index contributed by atoms with van der Waals surface area (Å²) in [7, 11) is 0. The summed E-state index contributed by atoms with van der Waals surface area (Å²) in [6.07, 6.45) is 0. The van der Waals surface area contributed by atoms with Crippen LogP contribution in [0, 0.1) is 5.41 Å². The number of benzene rings is 1. The van der Waals surface area contributed by atoms with E-state index in [-0.39, 0.29) is 5.04 Å². The largest absolute Gasteiger partial charge is 0.296 e. The molecule has 0 radical (unpaired) electrons. The van der Waals surface area contributed by atoms with Crippen LogP contribution in [0.15, 0.2) is 30.3 Å². The average molecular weight is 183 g/mol. The topological polar surface area (TPSA) is 23.9 Å². The van der Waals surface area contributed by atoms with Crippen LogP contribution in [0.1, 0.15) is 5.56 Å². The lowest BCUT2D eigenvalue weighted by atomic mass is 10.2. The summed E-state index contributed by atoms with van der Waals surface area (Å²) in [5.74, 6) is 0.684. The van der Waals surface area contributed by atoms with Crippen molar-refractivity contribution >= 4 is 16.8 Å². The zero-order chi connectivity index (χ0) is 8.81. The number of alkyl halides is 1. The van der Waals surface area contributed by atoms with Gasteiger partial charge in [-0.1, -0.05) is 30.3 Å². The Bertz CT molecular complexity index is 248. The first-order chi connectivity index (χ1) is 5.83. The molecular formula is C9H10FNS. The number of nitrogens with one attached hydrogen (secondary N) is 1. The average Bonchev–Trinajstić information content (AvgIpc) is 2.16. The van der Waals surface area contributed by atoms with Gasteiger partial charge < -0.3 is 0 Å². The Hall–Kier alpha value is -0.830. The van der Waals surface area contributed by atoms with Crippen LogP contribution in [0.5, 0.6) is 0 Å². The highest BCUT2D eigenvalue weighted by Crippen LogP contribution is 2.12. The molecule has 0 fully saturated rings. The van der Waals surface area contributed by atoms with Crippen molar-refractivity contribution in [2.24, 2.45) is 0 Å². The Morgan fingerprint density at radius 2 is 2.00 bits per heavy atom. The molecular weight excluding hydrogens is 173 g/mol. The first-order valence-corrected chi connectivity index (χ1v) is 4.61. The Morgan fingerprint density at radius 1 is 1.33 bits per heavy atom. The van der Waals surface area contributed by atoms with Crippen LogP contribution in [-0.4, -0.2) is 11.7 Å². The SMILES string of the molecule is N=C(CF)SCc1ccccc1. The minimum atomic E-state index is -0.655. The van der Waals surface area contributed by atoms with Gasteiger partial charge in [-0.05, 0) is 5.56 Å². The highest BCUT2D eigenvalue weighted by molar-refractivity contribution is 8.13. The first kappa shape index (κ1) is 9.26. The predicted molar refractivity (Wildman–Crippen MR) is 51.4 cm³/mol. The highest BCUT2D eigenvalue weighted by atomic mass is 32.2. The first-order valence-electron chi connectivity index (χ1n) is 3.63. The summed E-state index contributed by atoms with van der Waals surface area (Å²) < 4.78 is 11.8. The zero-order valence-corrected chi connectivity index (χ0v) is 7.40. The lowest BCUT2D eigenvalue weighted by molar-refractivity contribution is 0.584. The van der Waals surface area contributed by atoms with Crippen molar-refractivity contribution in [2.75, 3.05) is 6.67 Å². The zero-order valence-electron chi connectivity index (χ0n) is 6.59. The van der Waals surface area contributed by atoms with Gasteiger partial charge in [-0.3, -0.25) is 5.41 Å². The van der Waals surface area contributed by atoms with E-state index in [0.717, 1.165) is 5.56 Å². The van der Waals surface area contributed by atoms with E-state index in [1.54, 1.807) is 0 Å². The summed E-state index contributed by atoms with van der Waals surface area (Å²) in [4.78, 5) is 0. The fourth-order valence-electron chi connectivity index (χ4n) is 0.783. The molecule has 1 nitrogen and oxygen atoms in total. The Balaban J connectivity index is 2.38. The Labute approximate surface area is 75.5 Å². The van der Waals surface area contributed by atoms with Crippen molar-refractivity contribution in [3.63, 3.8) is 0 Å². The highest BCUT2D eigenvalue weighted by Gasteiger charge is 1.96. The van der Waals surface area contributed by atoms with E-state index >= 15 is 0 Å². The second-order valence-corrected chi connectivity index (χ2v) is 3.40. The molecule has 0 aliphatic rings. The van der Waals surface area contributed by atoms with Gasteiger partial charge in [-0.25, -0.2) is 4.39 Å². The van der Waals surface area contributed by atoms with E-state index in [1.807, 2.05) is 30.3 Å². The normalized spacial score (nSPS) is 9.75. The monoisotopic (exact) mass is 183 g/mol. The van der Waals surface area contributed by atoms with Gasteiger partial charge >= 0.3 is 0 Å². The van der Waals surface area contributed by atoms with Crippen molar-refractivity contribution in [3.05, 3.63) is 35.9 Å². The van der Waals surface area contributed by atoms with Crippen LogP contribution in [0.4, 0.5) is 4.39 Å². The molecule has 1 aromatic carbocycles. The molecule has 0 unspecified atom stereocenters. The van der Waals surface area contributed by atoms with E-state index in [9.17, 15) is 4.39 Å². The lowest BCUT2D eigenvalue weighted by Crippen LogP contribution is -1.92. The van der Waals surface area contributed by atoms with Crippen molar-refractivity contribution in [1.29, 1.82) is 5.41 Å². The van der Waals surface area contributed by atoms with Gasteiger partial charge in [0.05, 0.1) is 5.04 Å². The van der Waals surface area contributed by atoms with Gasteiger partial charge in [0, 0.05) is 5.75 Å². The van der Waals surface area contributed by atoms with E-state index < -0.39 is 6.67 Å². The smallest absolute Gasteiger partial charge is 0.137 e. The van der Waals surface area contributed by atoms with Crippen LogP contribution in [0.2, 0.25) is 0 Å². The summed E-state index contributed by atoms with van der Waals surface area (Å²) in [6, 6.07) is 9.76. The summed E-state index contributed by atoms with van der Waals surface area (Å²) in [6.45, 7) is -0.655. The standard InChI is InChI=1S/C9H10FNS/c10-6-9(11)12-7-8-4-2-1-3-5-8/h1-5,11H,6-7H2. The molecule has 0 aliphatic carbocycles. The third-order valence-electron chi connectivity index (χ3n) is 1.38. The van der Waals surface area contributed by atoms with Gasteiger partial charge in [0.15, 0.2) is 0 Å². The molecule has 12 heavy (non-hydrogen) atoms. The van der Waals surface area contributed by atoms with Crippen LogP contribution in [-0.2, 0) is 5.75 Å². The molecule has 1 rings (SSSR count). The fraction of sp³-hybridized carbons (Fsp3) is 0.222. The molecule has 3 heteroatoms. The maximum Gasteiger partial charge on any atom is 0.137 e. The maximum atomic E-state index is 11.8. The molecule has 0 atom stereocenters. The Morgan fingerprint density at radius 3 is 2.58 bits per heavy atom. The maximum absolute atomic E-state index is 11.8. The molecule has 0 aromatic heterocycles. The number of halogens is 1. The molecule has 64 valence electrons. The molecule has 0 amide bonds. The number of rotatable bonds is 3.